The Morgan fingerprint density at radius 2 is 2.10 bits per heavy atom. The first-order chi connectivity index (χ1) is 9.79. The maximum absolute atomic E-state index is 12.2. The largest absolute Gasteiger partial charge is 0.325 e. The van der Waals surface area contributed by atoms with Crippen molar-refractivity contribution in [2.24, 2.45) is 18.2 Å². The van der Waals surface area contributed by atoms with Crippen LogP contribution in [0.3, 0.4) is 0 Å². The zero-order chi connectivity index (χ0) is 15.6. The van der Waals surface area contributed by atoms with E-state index in [-0.39, 0.29) is 11.3 Å². The summed E-state index contributed by atoms with van der Waals surface area (Å²) in [5, 5.41) is 10.8. The van der Waals surface area contributed by atoms with Gasteiger partial charge in [-0.15, -0.1) is 10.2 Å². The third kappa shape index (κ3) is 3.46. The monoisotopic (exact) mass is 287 g/mol. The van der Waals surface area contributed by atoms with Gasteiger partial charge >= 0.3 is 0 Å². The minimum atomic E-state index is -0.573. The number of nitrogens with two attached hydrogens (primary N) is 1. The van der Waals surface area contributed by atoms with Gasteiger partial charge in [-0.3, -0.25) is 4.79 Å². The fourth-order valence-electron chi connectivity index (χ4n) is 1.89. The predicted molar refractivity (Wildman–Crippen MR) is 82.5 cm³/mol. The fourth-order valence-corrected chi connectivity index (χ4v) is 1.89. The zero-order valence-electron chi connectivity index (χ0n) is 12.8. The van der Waals surface area contributed by atoms with Gasteiger partial charge in [0.25, 0.3) is 0 Å². The molecule has 0 aliphatic rings. The average molecular weight is 287 g/mol. The second-order valence-corrected chi connectivity index (χ2v) is 6.18. The summed E-state index contributed by atoms with van der Waals surface area (Å²) in [5.41, 5.74) is 7.25. The lowest BCUT2D eigenvalue weighted by Gasteiger charge is -2.25. The van der Waals surface area contributed by atoms with Crippen LogP contribution in [0, 0.1) is 5.41 Å². The van der Waals surface area contributed by atoms with E-state index in [9.17, 15) is 4.79 Å². The van der Waals surface area contributed by atoms with Crippen molar-refractivity contribution in [1.82, 2.24) is 14.8 Å². The SMILES string of the molecule is Cn1cnnc1-c1cccc(NC(=O)[C@H](N)C(C)(C)C)c1. The van der Waals surface area contributed by atoms with E-state index in [4.69, 9.17) is 5.73 Å². The van der Waals surface area contributed by atoms with Crippen molar-refractivity contribution >= 4 is 11.6 Å². The minimum absolute atomic E-state index is 0.197. The van der Waals surface area contributed by atoms with Crippen LogP contribution >= 0.6 is 0 Å². The fraction of sp³-hybridized carbons (Fsp3) is 0.400. The summed E-state index contributed by atoms with van der Waals surface area (Å²) in [6, 6.07) is 6.90. The van der Waals surface area contributed by atoms with Crippen LogP contribution in [0.1, 0.15) is 20.8 Å². The van der Waals surface area contributed by atoms with Crippen molar-refractivity contribution in [2.45, 2.75) is 26.8 Å². The number of aromatic nitrogens is 3. The van der Waals surface area contributed by atoms with Crippen molar-refractivity contribution in [1.29, 1.82) is 0 Å². The molecule has 0 bridgehead atoms. The number of hydrogen-bond donors (Lipinski definition) is 2. The molecule has 2 aromatic rings. The Labute approximate surface area is 124 Å². The highest BCUT2D eigenvalue weighted by atomic mass is 16.2. The normalized spacial score (nSPS) is 13.0. The molecule has 6 nitrogen and oxygen atoms in total. The first-order valence-electron chi connectivity index (χ1n) is 6.80. The number of hydrogen-bond acceptors (Lipinski definition) is 4. The summed E-state index contributed by atoms with van der Waals surface area (Å²) >= 11 is 0. The molecule has 112 valence electrons. The number of aryl methyl sites for hydroxylation is 1. The predicted octanol–water partition coefficient (Wildman–Crippen LogP) is 1.79. The van der Waals surface area contributed by atoms with Gasteiger partial charge in [-0.2, -0.15) is 0 Å². The van der Waals surface area contributed by atoms with Gasteiger partial charge in [-0.05, 0) is 17.5 Å². The van der Waals surface area contributed by atoms with Gasteiger partial charge in [-0.1, -0.05) is 32.9 Å². The first kappa shape index (κ1) is 15.2. The van der Waals surface area contributed by atoms with Gasteiger partial charge in [0.05, 0.1) is 6.04 Å². The zero-order valence-corrected chi connectivity index (χ0v) is 12.8. The maximum Gasteiger partial charge on any atom is 0.241 e. The molecule has 1 heterocycles. The Bertz CT molecular complexity index is 642. The molecular weight excluding hydrogens is 266 g/mol. The van der Waals surface area contributed by atoms with Crippen molar-refractivity contribution in [2.75, 3.05) is 5.32 Å². The molecule has 0 saturated carbocycles. The van der Waals surface area contributed by atoms with Crippen molar-refractivity contribution in [3.05, 3.63) is 30.6 Å². The van der Waals surface area contributed by atoms with E-state index in [1.54, 1.807) is 6.33 Å². The maximum atomic E-state index is 12.2. The summed E-state index contributed by atoms with van der Waals surface area (Å²) < 4.78 is 1.82. The van der Waals surface area contributed by atoms with Crippen molar-refractivity contribution < 1.29 is 4.79 Å². The number of nitrogens with zero attached hydrogens (tertiary/aromatic N) is 3. The van der Waals surface area contributed by atoms with Crippen LogP contribution in [0.15, 0.2) is 30.6 Å². The highest BCUT2D eigenvalue weighted by Gasteiger charge is 2.27. The molecular formula is C15H21N5O. The molecule has 0 saturated heterocycles. The molecule has 21 heavy (non-hydrogen) atoms. The number of nitrogens with one attached hydrogen (secondary N) is 1. The summed E-state index contributed by atoms with van der Waals surface area (Å²) in [7, 11) is 1.87. The van der Waals surface area contributed by atoms with Crippen LogP contribution in [0.25, 0.3) is 11.4 Å². The molecule has 2 rings (SSSR count). The summed E-state index contributed by atoms with van der Waals surface area (Å²) in [4.78, 5) is 12.2. The first-order valence-corrected chi connectivity index (χ1v) is 6.80. The van der Waals surface area contributed by atoms with Gasteiger partial charge in [0.2, 0.25) is 5.91 Å². The molecule has 1 atom stereocenters. The molecule has 0 fully saturated rings. The highest BCUT2D eigenvalue weighted by Crippen LogP contribution is 2.22. The van der Waals surface area contributed by atoms with Crippen LogP contribution in [-0.4, -0.2) is 26.7 Å². The van der Waals surface area contributed by atoms with Crippen molar-refractivity contribution in [3.8, 4) is 11.4 Å². The number of carbonyl (C=O) groups is 1. The summed E-state index contributed by atoms with van der Waals surface area (Å²) in [5.74, 6) is 0.545. The van der Waals surface area contributed by atoms with Gasteiger partial charge in [0, 0.05) is 18.3 Å². The van der Waals surface area contributed by atoms with Crippen LogP contribution in [-0.2, 0) is 11.8 Å². The van der Waals surface area contributed by atoms with Gasteiger partial charge in [0.1, 0.15) is 6.33 Å². The average Bonchev–Trinajstić information content (AvgIpc) is 2.83. The second kappa shape index (κ2) is 5.65. The second-order valence-electron chi connectivity index (χ2n) is 6.18. The Morgan fingerprint density at radius 3 is 2.67 bits per heavy atom. The number of rotatable bonds is 3. The van der Waals surface area contributed by atoms with E-state index in [1.165, 1.54) is 0 Å². The van der Waals surface area contributed by atoms with E-state index in [0.29, 0.717) is 5.69 Å². The van der Waals surface area contributed by atoms with E-state index in [1.807, 2.05) is 56.7 Å². The van der Waals surface area contributed by atoms with E-state index >= 15 is 0 Å². The number of anilines is 1. The third-order valence-corrected chi connectivity index (χ3v) is 3.32. The number of amides is 1. The van der Waals surface area contributed by atoms with Gasteiger partial charge in [-0.25, -0.2) is 0 Å². The topological polar surface area (TPSA) is 85.8 Å². The van der Waals surface area contributed by atoms with Crippen molar-refractivity contribution in [3.63, 3.8) is 0 Å². The van der Waals surface area contributed by atoms with Crippen LogP contribution in [0.5, 0.6) is 0 Å². The van der Waals surface area contributed by atoms with Gasteiger partial charge in [0.15, 0.2) is 5.82 Å². The lowest BCUT2D eigenvalue weighted by Crippen LogP contribution is -2.45. The molecule has 0 radical (unpaired) electrons. The molecule has 0 spiro atoms. The van der Waals surface area contributed by atoms with Gasteiger partial charge < -0.3 is 15.6 Å². The summed E-state index contributed by atoms with van der Waals surface area (Å²) in [6.45, 7) is 5.81. The van der Waals surface area contributed by atoms with Crippen LogP contribution in [0.2, 0.25) is 0 Å². The highest BCUT2D eigenvalue weighted by molar-refractivity contribution is 5.95. The molecule has 0 aliphatic heterocycles. The van der Waals surface area contributed by atoms with Crippen LogP contribution < -0.4 is 11.1 Å². The Hall–Kier alpha value is -2.21. The molecule has 0 unspecified atom stereocenters. The molecule has 6 heteroatoms. The quantitative estimate of drug-likeness (QED) is 0.901. The minimum Gasteiger partial charge on any atom is -0.325 e. The standard InChI is InChI=1S/C15H21N5O/c1-15(2,3)12(16)14(21)18-11-7-5-6-10(8-11)13-19-17-9-20(13)4/h5-9,12H,16H2,1-4H3,(H,18,21)/t12-/m0/s1. The molecule has 3 N–H and O–H groups in total. The lowest BCUT2D eigenvalue weighted by molar-refractivity contribution is -0.119. The van der Waals surface area contributed by atoms with E-state index in [0.717, 1.165) is 11.4 Å². The molecule has 1 aromatic carbocycles. The molecule has 0 aliphatic carbocycles. The third-order valence-electron chi connectivity index (χ3n) is 3.32. The van der Waals surface area contributed by atoms with Crippen LogP contribution in [0.4, 0.5) is 5.69 Å². The number of benzene rings is 1. The van der Waals surface area contributed by atoms with E-state index < -0.39 is 6.04 Å². The Balaban J connectivity index is 2.19. The molecule has 1 amide bonds. The smallest absolute Gasteiger partial charge is 0.241 e. The molecule has 1 aromatic heterocycles. The number of carbonyl (C=O) groups excluding carboxylic acids is 1. The Kier molecular flexibility index (Phi) is 4.09. The lowest BCUT2D eigenvalue weighted by atomic mass is 9.87. The Morgan fingerprint density at radius 1 is 1.38 bits per heavy atom. The summed E-state index contributed by atoms with van der Waals surface area (Å²) in [6.07, 6.45) is 1.64. The van der Waals surface area contributed by atoms with E-state index in [2.05, 4.69) is 15.5 Å².